The summed E-state index contributed by atoms with van der Waals surface area (Å²) in [5.41, 5.74) is 2.57. The van der Waals surface area contributed by atoms with E-state index in [0.29, 0.717) is 66.0 Å². The van der Waals surface area contributed by atoms with Crippen molar-refractivity contribution >= 4 is 77.7 Å². The maximum Gasteiger partial charge on any atom is 0.447 e. The first-order chi connectivity index (χ1) is 19.1. The van der Waals surface area contributed by atoms with Crippen molar-refractivity contribution in [2.75, 3.05) is 20.4 Å². The number of hydrogen-bond donors (Lipinski definition) is 4. The third-order valence-corrected chi connectivity index (χ3v) is 7.89. The quantitative estimate of drug-likeness (QED) is 0.252. The molecule has 4 aromatic carbocycles. The van der Waals surface area contributed by atoms with Crippen LogP contribution in [0.4, 0.5) is 22.7 Å². The molecule has 12 nitrogen and oxygen atoms in total. The first kappa shape index (κ1) is 23.2. The molecule has 0 amide bonds. The van der Waals surface area contributed by atoms with Crippen LogP contribution in [0.3, 0.4) is 0 Å². The Morgan fingerprint density at radius 3 is 1.32 bits per heavy atom. The Balaban J connectivity index is 1.58. The second-order valence-corrected chi connectivity index (χ2v) is 11.4. The minimum Gasteiger partial charge on any atom is -0.342 e. The van der Waals surface area contributed by atoms with Gasteiger partial charge < -0.3 is 19.0 Å². The number of benzene rings is 4. The molecule has 0 aromatic heterocycles. The van der Waals surface area contributed by atoms with Gasteiger partial charge in [-0.25, -0.2) is 0 Å². The fourth-order valence-corrected chi connectivity index (χ4v) is 6.53. The molecular formula is C26H16N4O8S2. The Hall–Kier alpha value is -4.76. The lowest BCUT2D eigenvalue weighted by molar-refractivity contribution is 0.361. The molecule has 0 spiro atoms. The van der Waals surface area contributed by atoms with Crippen LogP contribution >= 0.6 is 0 Å². The lowest BCUT2D eigenvalue weighted by Gasteiger charge is -2.28. The lowest BCUT2D eigenvalue weighted by atomic mass is 9.97. The van der Waals surface area contributed by atoms with Crippen LogP contribution in [-0.2, 0) is 29.2 Å². The topological polar surface area (TPSA) is 158 Å². The zero-order chi connectivity index (χ0) is 27.6. The third kappa shape index (κ3) is 3.12. The lowest BCUT2D eigenvalue weighted by Crippen LogP contribution is -2.44. The summed E-state index contributed by atoms with van der Waals surface area (Å²) in [5.74, 6) is 0.615. The zero-order valence-electron chi connectivity index (χ0n) is 20.0. The van der Waals surface area contributed by atoms with Gasteiger partial charge in [0.2, 0.25) is 11.8 Å². The highest BCUT2D eigenvalue weighted by Gasteiger charge is 2.38. The number of hydrogen-bond acceptors (Lipinski definition) is 10. The standard InChI is InChI=1S/C26H16N4O8S2/c31-39(32,33)37-25-15-11-12-16-22-14(10-9-13(21(15)22)23-27-17-5-1-3-7-19(17)29(23)25)24-28-18-6-2-4-8-20(18)30(24)26(16)38-40(34,35)36/h1-12,27-28H,(H,31,32,33)(H,34,35,36). The third-order valence-electron chi connectivity index (χ3n) is 7.15. The normalized spacial score (nSPS) is 16.2. The molecule has 8 rings (SSSR count). The maximum absolute atomic E-state index is 12.0. The second-order valence-electron chi connectivity index (χ2n) is 9.36. The number of fused-ring (bicyclic) bond motifs is 6. The molecule has 200 valence electrons. The molecule has 0 atom stereocenters. The molecule has 0 saturated carbocycles. The predicted octanol–water partition coefficient (Wildman–Crippen LogP) is 0.633. The van der Waals surface area contributed by atoms with Gasteiger partial charge in [-0.2, -0.15) is 16.8 Å². The monoisotopic (exact) mass is 576 g/mol. The van der Waals surface area contributed by atoms with Crippen LogP contribution in [0, 0.1) is 0 Å². The molecule has 4 aliphatic rings. The van der Waals surface area contributed by atoms with Crippen molar-refractivity contribution in [3.05, 3.63) is 93.7 Å². The van der Waals surface area contributed by atoms with Gasteiger partial charge in [0.15, 0.2) is 0 Å². The summed E-state index contributed by atoms with van der Waals surface area (Å²) in [5, 5.41) is 9.59. The Labute approximate surface area is 225 Å². The summed E-state index contributed by atoms with van der Waals surface area (Å²) >= 11 is 0. The van der Waals surface area contributed by atoms with Gasteiger partial charge in [-0.3, -0.25) is 18.9 Å². The van der Waals surface area contributed by atoms with Crippen LogP contribution in [0.5, 0.6) is 0 Å². The zero-order valence-corrected chi connectivity index (χ0v) is 21.6. The number of anilines is 4. The second kappa shape index (κ2) is 7.45. The number of para-hydroxylation sites is 4. The van der Waals surface area contributed by atoms with E-state index < -0.39 is 20.8 Å². The Bertz CT molecular complexity index is 2190. The van der Waals surface area contributed by atoms with Crippen molar-refractivity contribution in [1.29, 1.82) is 0 Å². The van der Waals surface area contributed by atoms with Crippen molar-refractivity contribution in [2.45, 2.75) is 0 Å². The molecule has 40 heavy (non-hydrogen) atoms. The van der Waals surface area contributed by atoms with Crippen LogP contribution < -0.4 is 41.3 Å². The van der Waals surface area contributed by atoms with E-state index in [-0.39, 0.29) is 11.8 Å². The molecule has 4 heterocycles. The van der Waals surface area contributed by atoms with E-state index in [9.17, 15) is 25.9 Å². The van der Waals surface area contributed by atoms with Gasteiger partial charge >= 0.3 is 20.8 Å². The van der Waals surface area contributed by atoms with Gasteiger partial charge in [0.05, 0.1) is 22.7 Å². The molecule has 0 aliphatic carbocycles. The number of nitrogens with one attached hydrogen (secondary N) is 2. The molecule has 4 N–H and O–H groups in total. The average Bonchev–Trinajstić information content (AvgIpc) is 3.47. The Morgan fingerprint density at radius 2 is 0.925 bits per heavy atom. The molecule has 0 unspecified atom stereocenters. The van der Waals surface area contributed by atoms with E-state index in [1.54, 1.807) is 46.2 Å². The first-order valence-corrected chi connectivity index (χ1v) is 14.6. The van der Waals surface area contributed by atoms with Gasteiger partial charge in [0, 0.05) is 31.6 Å². The highest BCUT2D eigenvalue weighted by molar-refractivity contribution is 7.81. The minimum atomic E-state index is -4.95. The van der Waals surface area contributed by atoms with Gasteiger partial charge in [-0.05, 0) is 48.5 Å². The molecule has 4 aromatic rings. The van der Waals surface area contributed by atoms with Crippen molar-refractivity contribution in [1.82, 2.24) is 0 Å². The van der Waals surface area contributed by atoms with Crippen LogP contribution in [0.2, 0.25) is 0 Å². The smallest absolute Gasteiger partial charge is 0.342 e. The summed E-state index contributed by atoms with van der Waals surface area (Å²) < 4.78 is 78.0. The fraction of sp³-hybridized carbons (Fsp3) is 0. The molecule has 0 bridgehead atoms. The highest BCUT2D eigenvalue weighted by Crippen LogP contribution is 2.43. The van der Waals surface area contributed by atoms with E-state index in [4.69, 9.17) is 8.37 Å². The maximum atomic E-state index is 12.0. The molecular weight excluding hydrogens is 560 g/mol. The largest absolute Gasteiger partial charge is 0.447 e. The number of nitrogens with zero attached hydrogens (tertiary/aromatic N) is 2. The Kier molecular flexibility index (Phi) is 4.32. The predicted molar refractivity (Wildman–Crippen MR) is 146 cm³/mol. The van der Waals surface area contributed by atoms with E-state index in [1.807, 2.05) is 36.4 Å². The van der Waals surface area contributed by atoms with Crippen LogP contribution in [0.15, 0.2) is 72.8 Å². The van der Waals surface area contributed by atoms with Crippen molar-refractivity contribution in [2.24, 2.45) is 0 Å². The summed E-state index contributed by atoms with van der Waals surface area (Å²) in [6.45, 7) is 0. The van der Waals surface area contributed by atoms with E-state index >= 15 is 0 Å². The summed E-state index contributed by atoms with van der Waals surface area (Å²) in [4.78, 5) is 3.13. The van der Waals surface area contributed by atoms with Gasteiger partial charge in [-0.1, -0.05) is 24.3 Å². The summed E-state index contributed by atoms with van der Waals surface area (Å²) in [6.07, 6.45) is 0. The minimum absolute atomic E-state index is 0.168. The van der Waals surface area contributed by atoms with Crippen molar-refractivity contribution < 1.29 is 34.3 Å². The van der Waals surface area contributed by atoms with E-state index in [0.717, 1.165) is 0 Å². The van der Waals surface area contributed by atoms with Gasteiger partial charge in [0.25, 0.3) is 0 Å². The SMILES string of the molecule is O=S(=O)(O)OC1=c2ccc3c4c(ccc(c24)=C2Nc4ccccc4N21)=C1Nc2ccccc2N1C=3OS(=O)(=O)O. The first-order valence-electron chi connectivity index (χ1n) is 11.8. The Morgan fingerprint density at radius 1 is 0.550 bits per heavy atom. The molecule has 4 aliphatic heterocycles. The number of rotatable bonds is 4. The summed E-state index contributed by atoms with van der Waals surface area (Å²) in [6, 6.07) is 21.2. The molecule has 0 radical (unpaired) electrons. The average molecular weight is 577 g/mol. The molecule has 0 fully saturated rings. The summed E-state index contributed by atoms with van der Waals surface area (Å²) in [7, 11) is -9.90. The van der Waals surface area contributed by atoms with E-state index in [1.165, 1.54) is 0 Å². The van der Waals surface area contributed by atoms with E-state index in [2.05, 4.69) is 10.6 Å². The fourth-order valence-electron chi connectivity index (χ4n) is 5.81. The van der Waals surface area contributed by atoms with Gasteiger partial charge in [0.1, 0.15) is 11.6 Å². The highest BCUT2D eigenvalue weighted by atomic mass is 32.3. The van der Waals surface area contributed by atoms with Crippen LogP contribution in [0.25, 0.3) is 34.2 Å². The van der Waals surface area contributed by atoms with Crippen molar-refractivity contribution in [3.63, 3.8) is 0 Å². The van der Waals surface area contributed by atoms with Gasteiger partial charge in [-0.15, -0.1) is 0 Å². The molecule has 14 heteroatoms. The van der Waals surface area contributed by atoms with Crippen LogP contribution in [-0.4, -0.2) is 25.9 Å². The van der Waals surface area contributed by atoms with Crippen molar-refractivity contribution in [3.8, 4) is 0 Å². The molecule has 0 saturated heterocycles. The van der Waals surface area contributed by atoms with Crippen LogP contribution in [0.1, 0.15) is 0 Å².